The molecule has 0 amide bonds. The quantitative estimate of drug-likeness (QED) is 0.259. The molecule has 33 heavy (non-hydrogen) atoms. The first kappa shape index (κ1) is 25.0. The van der Waals surface area contributed by atoms with Crippen LogP contribution >= 0.6 is 7.29 Å². The molecule has 4 unspecified atom stereocenters. The third kappa shape index (κ3) is 4.03. The van der Waals surface area contributed by atoms with E-state index in [4.69, 9.17) is 0 Å². The molecule has 2 aromatic carbocycles. The van der Waals surface area contributed by atoms with Crippen LogP contribution in [0.2, 0.25) is 5.32 Å². The van der Waals surface area contributed by atoms with Crippen molar-refractivity contribution in [3.8, 4) is 0 Å². The van der Waals surface area contributed by atoms with Crippen molar-refractivity contribution in [1.82, 2.24) is 3.69 Å². The predicted octanol–water partition coefficient (Wildman–Crippen LogP) is 5.65. The van der Waals surface area contributed by atoms with Crippen molar-refractivity contribution in [2.45, 2.75) is 64.4 Å². The Kier molecular flexibility index (Phi) is 7.17. The summed E-state index contributed by atoms with van der Waals surface area (Å²) in [5.74, 6) is 0.868. The summed E-state index contributed by atoms with van der Waals surface area (Å²) >= 11 is -0.0815. The summed E-state index contributed by atoms with van der Waals surface area (Å²) in [6.07, 6.45) is 4.90. The molecule has 0 heterocycles. The van der Waals surface area contributed by atoms with Crippen LogP contribution in [0.25, 0.3) is 0 Å². The van der Waals surface area contributed by atoms with Gasteiger partial charge in [0.1, 0.15) is 0 Å². The topological polar surface area (TPSA) is 40.5 Å². The van der Waals surface area contributed by atoms with Gasteiger partial charge in [-0.05, 0) is 0 Å². The van der Waals surface area contributed by atoms with Gasteiger partial charge in [0, 0.05) is 0 Å². The molecule has 0 spiro atoms. The van der Waals surface area contributed by atoms with E-state index in [1.54, 1.807) is 0 Å². The van der Waals surface area contributed by atoms with E-state index >= 15 is 4.57 Å². The van der Waals surface area contributed by atoms with Crippen molar-refractivity contribution < 1.29 is 9.67 Å². The Morgan fingerprint density at radius 1 is 1.12 bits per heavy atom. The van der Waals surface area contributed by atoms with Gasteiger partial charge < -0.3 is 0 Å². The standard InChI is InChI=1S/C28H38NO2PSe/c1-6-25(21(2)3)29(33-20-28-18-17-22(19-26(28)30)27(28,4)5)32(31,23-13-9-7-10-14-23)24-15-11-8-12-16-24/h6-16,21-22,25-26,30H,1,17-20H2,2-5H3. The molecule has 0 aromatic heterocycles. The van der Waals surface area contributed by atoms with E-state index in [2.05, 4.69) is 38.0 Å². The summed E-state index contributed by atoms with van der Waals surface area (Å²) in [5.41, 5.74) is 0.0294. The van der Waals surface area contributed by atoms with Crippen LogP contribution in [0.3, 0.4) is 0 Å². The van der Waals surface area contributed by atoms with Gasteiger partial charge in [-0.15, -0.1) is 0 Å². The molecule has 2 aliphatic carbocycles. The van der Waals surface area contributed by atoms with E-state index < -0.39 is 7.29 Å². The van der Waals surface area contributed by atoms with Crippen molar-refractivity contribution in [1.29, 1.82) is 0 Å². The Balaban J connectivity index is 1.81. The fourth-order valence-corrected chi connectivity index (χ4v) is 14.8. The second kappa shape index (κ2) is 9.48. The molecule has 5 heteroatoms. The van der Waals surface area contributed by atoms with E-state index in [9.17, 15) is 5.11 Å². The molecule has 0 aliphatic heterocycles. The Morgan fingerprint density at radius 2 is 1.67 bits per heavy atom. The molecule has 2 saturated carbocycles. The van der Waals surface area contributed by atoms with Crippen LogP contribution in [0.5, 0.6) is 0 Å². The van der Waals surface area contributed by atoms with Gasteiger partial charge in [-0.2, -0.15) is 0 Å². The molecule has 0 saturated heterocycles. The minimum absolute atomic E-state index is 0.00787. The zero-order chi connectivity index (χ0) is 23.9. The molecule has 0 radical (unpaired) electrons. The van der Waals surface area contributed by atoms with E-state index in [1.165, 1.54) is 6.42 Å². The average molecular weight is 531 g/mol. The number of aliphatic hydroxyl groups is 1. The monoisotopic (exact) mass is 531 g/mol. The SMILES string of the molecule is C=CC(C(C)C)N([Se]CC12CCC(CC1O)C2(C)C)P(=O)(c1ccccc1)c1ccccc1. The molecule has 178 valence electrons. The molecule has 4 rings (SSSR count). The van der Waals surface area contributed by atoms with Crippen molar-refractivity contribution >= 4 is 33.1 Å². The first-order chi connectivity index (χ1) is 15.7. The zero-order valence-electron chi connectivity index (χ0n) is 20.4. The molecule has 2 aromatic rings. The number of fused-ring (bicyclic) bond motifs is 2. The molecule has 4 atom stereocenters. The maximum absolute atomic E-state index is 15.3. The van der Waals surface area contributed by atoms with Gasteiger partial charge >= 0.3 is 207 Å². The van der Waals surface area contributed by atoms with E-state index in [1.807, 2.05) is 66.7 Å². The van der Waals surface area contributed by atoms with Gasteiger partial charge in [0.2, 0.25) is 0 Å². The van der Waals surface area contributed by atoms with Crippen LogP contribution in [0.15, 0.2) is 73.3 Å². The van der Waals surface area contributed by atoms with Crippen molar-refractivity contribution in [3.05, 3.63) is 73.3 Å². The van der Waals surface area contributed by atoms with Gasteiger partial charge in [0.25, 0.3) is 0 Å². The molecular formula is C28H38NO2PSe. The third-order valence-electron chi connectivity index (χ3n) is 8.51. The Hall–Kier alpha value is -1.15. The molecule has 2 fully saturated rings. The summed E-state index contributed by atoms with van der Waals surface area (Å²) in [7, 11) is -3.10. The number of hydrogen-bond donors (Lipinski definition) is 1. The fraction of sp³-hybridized carbons (Fsp3) is 0.500. The first-order valence-electron chi connectivity index (χ1n) is 12.1. The summed E-state index contributed by atoms with van der Waals surface area (Å²) < 4.78 is 17.6. The van der Waals surface area contributed by atoms with E-state index in [0.717, 1.165) is 28.8 Å². The first-order valence-corrected chi connectivity index (χ1v) is 15.8. The average Bonchev–Trinajstić information content (AvgIpc) is 3.17. The van der Waals surface area contributed by atoms with Gasteiger partial charge in [-0.1, -0.05) is 0 Å². The minimum atomic E-state index is -3.10. The number of benzene rings is 2. The summed E-state index contributed by atoms with van der Waals surface area (Å²) in [6.45, 7) is 13.2. The van der Waals surface area contributed by atoms with Crippen LogP contribution < -0.4 is 10.6 Å². The number of nitrogens with zero attached hydrogens (tertiary/aromatic N) is 1. The molecule has 3 nitrogen and oxygen atoms in total. The Labute approximate surface area is 206 Å². The van der Waals surface area contributed by atoms with Gasteiger partial charge in [0.05, 0.1) is 0 Å². The van der Waals surface area contributed by atoms with Gasteiger partial charge in [0.15, 0.2) is 0 Å². The molecule has 2 bridgehead atoms. The summed E-state index contributed by atoms with van der Waals surface area (Å²) in [4.78, 5) is 0. The normalized spacial score (nSPS) is 27.2. The summed E-state index contributed by atoms with van der Waals surface area (Å²) in [5, 5.41) is 13.8. The van der Waals surface area contributed by atoms with Crippen molar-refractivity contribution in [2.75, 3.05) is 0 Å². The second-order valence-electron chi connectivity index (χ2n) is 10.7. The van der Waals surface area contributed by atoms with Crippen LogP contribution in [0.1, 0.15) is 47.0 Å². The molecule has 2 aliphatic rings. The van der Waals surface area contributed by atoms with Crippen LogP contribution in [0.4, 0.5) is 0 Å². The predicted molar refractivity (Wildman–Crippen MR) is 141 cm³/mol. The fourth-order valence-electron chi connectivity index (χ4n) is 6.17. The van der Waals surface area contributed by atoms with Gasteiger partial charge in [-0.3, -0.25) is 0 Å². The molecular weight excluding hydrogens is 492 g/mol. The number of aliphatic hydroxyl groups excluding tert-OH is 1. The number of hydrogen-bond acceptors (Lipinski definition) is 2. The number of rotatable bonds is 9. The van der Waals surface area contributed by atoms with Crippen LogP contribution in [-0.4, -0.2) is 36.1 Å². The van der Waals surface area contributed by atoms with Crippen molar-refractivity contribution in [2.24, 2.45) is 22.7 Å². The van der Waals surface area contributed by atoms with Crippen molar-refractivity contribution in [3.63, 3.8) is 0 Å². The van der Waals surface area contributed by atoms with E-state index in [-0.39, 0.29) is 44.1 Å². The zero-order valence-corrected chi connectivity index (χ0v) is 23.0. The Bertz CT molecular complexity index is 966. The Morgan fingerprint density at radius 3 is 2.06 bits per heavy atom. The van der Waals surface area contributed by atoms with Crippen LogP contribution in [-0.2, 0) is 4.57 Å². The van der Waals surface area contributed by atoms with E-state index in [0.29, 0.717) is 5.92 Å². The van der Waals surface area contributed by atoms with Crippen LogP contribution in [0, 0.1) is 22.7 Å². The van der Waals surface area contributed by atoms with Gasteiger partial charge in [-0.25, -0.2) is 0 Å². The second-order valence-corrected chi connectivity index (χ2v) is 15.9. The third-order valence-corrected chi connectivity index (χ3v) is 15.8. The maximum atomic E-state index is 15.3. The summed E-state index contributed by atoms with van der Waals surface area (Å²) in [6, 6.07) is 19.9. The molecule has 1 N–H and O–H groups in total.